The summed E-state index contributed by atoms with van der Waals surface area (Å²) in [5, 5.41) is 8.51. The Hall–Kier alpha value is -3.59. The predicted octanol–water partition coefficient (Wildman–Crippen LogP) is 13.8. The molecule has 0 unspecified atom stereocenters. The minimum Gasteiger partial charge on any atom is -0.685 e. The van der Waals surface area contributed by atoms with Gasteiger partial charge >= 0.3 is 0 Å². The SMILES string of the molecule is CC(/C=C(/C)[N-]C1CCCCC1)=NC1CCCCC1.CC(C)(C)c1cc(-c2nc3ccccc3c3c2-c2ccccc2C3(C)C)[c-]c2ccccc12.[Ir]. The molecule has 3 nitrogen and oxygen atoms in total. The minimum atomic E-state index is -0.0904. The fourth-order valence-corrected chi connectivity index (χ4v) is 9.05. The van der Waals surface area contributed by atoms with E-state index in [0.29, 0.717) is 12.1 Å². The maximum atomic E-state index is 5.28. The van der Waals surface area contributed by atoms with E-state index in [1.54, 1.807) is 0 Å². The van der Waals surface area contributed by atoms with Crippen molar-refractivity contribution in [1.29, 1.82) is 0 Å². The summed E-state index contributed by atoms with van der Waals surface area (Å²) in [5.41, 5.74) is 12.1. The smallest absolute Gasteiger partial charge is 0.0621 e. The first-order chi connectivity index (χ1) is 25.0. The van der Waals surface area contributed by atoms with Crippen LogP contribution in [0.15, 0.2) is 95.6 Å². The molecule has 0 N–H and O–H groups in total. The molecular formula is C49H57IrN3-2. The molecule has 2 saturated carbocycles. The average molecular weight is 880 g/mol. The Morgan fingerprint density at radius 3 is 2.15 bits per heavy atom. The van der Waals surface area contributed by atoms with Crippen LogP contribution < -0.4 is 0 Å². The number of hydrogen-bond donors (Lipinski definition) is 0. The van der Waals surface area contributed by atoms with E-state index in [9.17, 15) is 0 Å². The van der Waals surface area contributed by atoms with E-state index in [1.165, 1.54) is 114 Å². The van der Waals surface area contributed by atoms with Crippen molar-refractivity contribution in [2.45, 2.75) is 136 Å². The van der Waals surface area contributed by atoms with Gasteiger partial charge in [0.25, 0.3) is 0 Å². The third-order valence-corrected chi connectivity index (χ3v) is 11.6. The van der Waals surface area contributed by atoms with Crippen LogP contribution in [0.3, 0.4) is 0 Å². The first-order valence-corrected chi connectivity index (χ1v) is 19.9. The summed E-state index contributed by atoms with van der Waals surface area (Å²) in [7, 11) is 0. The zero-order valence-corrected chi connectivity index (χ0v) is 35.4. The Morgan fingerprint density at radius 1 is 0.811 bits per heavy atom. The van der Waals surface area contributed by atoms with Gasteiger partial charge in [0.2, 0.25) is 0 Å². The van der Waals surface area contributed by atoms with E-state index in [1.807, 2.05) is 0 Å². The number of allylic oxidation sites excluding steroid dienone is 2. The normalized spacial score (nSPS) is 17.8. The van der Waals surface area contributed by atoms with Crippen molar-refractivity contribution in [3.63, 3.8) is 0 Å². The van der Waals surface area contributed by atoms with Crippen LogP contribution in [0.2, 0.25) is 0 Å². The quantitative estimate of drug-likeness (QED) is 0.128. The number of aromatic nitrogens is 1. The maximum Gasteiger partial charge on any atom is 0.0621 e. The fraction of sp³-hybridized carbons (Fsp3) is 0.429. The van der Waals surface area contributed by atoms with Gasteiger partial charge < -0.3 is 5.32 Å². The molecule has 1 aromatic heterocycles. The van der Waals surface area contributed by atoms with Crippen molar-refractivity contribution in [2.24, 2.45) is 4.99 Å². The van der Waals surface area contributed by atoms with Gasteiger partial charge in [0.15, 0.2) is 0 Å². The molecule has 0 bridgehead atoms. The summed E-state index contributed by atoms with van der Waals surface area (Å²) in [6.07, 6.45) is 15.5. The van der Waals surface area contributed by atoms with Crippen molar-refractivity contribution < 1.29 is 20.1 Å². The molecule has 1 radical (unpaired) electrons. The number of rotatable bonds is 5. The zero-order valence-electron chi connectivity index (χ0n) is 33.0. The molecule has 5 aromatic rings. The molecule has 4 heteroatoms. The first kappa shape index (κ1) is 39.1. The van der Waals surface area contributed by atoms with Gasteiger partial charge in [-0.3, -0.25) is 9.98 Å². The standard InChI is InChI=1S/C32H28N.C17H29N2.Ir/c1-31(2,3)26-19-21(18-20-12-6-7-13-22(20)26)30-28-23-14-8-10-16-25(23)32(4,5)29(28)24-15-9-11-17-27(24)33-30;1-14(18-16-9-5-3-6-10-16)13-15(2)19-17-11-7-4-8-12-17;/h6-17,19H,1-5H3;13,16-17H,3-12H2,1-2H3;/q2*-1;/b;14-13-,19-15?;. The Labute approximate surface area is 332 Å². The third-order valence-electron chi connectivity index (χ3n) is 11.6. The van der Waals surface area contributed by atoms with Crippen molar-refractivity contribution >= 4 is 27.4 Å². The summed E-state index contributed by atoms with van der Waals surface area (Å²) in [6.45, 7) is 15.8. The van der Waals surface area contributed by atoms with Gasteiger partial charge in [-0.05, 0) is 53.5 Å². The molecule has 2 fully saturated rings. The number of fused-ring (bicyclic) bond motifs is 6. The van der Waals surface area contributed by atoms with Crippen LogP contribution in [-0.2, 0) is 30.9 Å². The second-order valence-corrected chi connectivity index (χ2v) is 17.1. The molecule has 3 aliphatic rings. The molecule has 279 valence electrons. The van der Waals surface area contributed by atoms with Crippen LogP contribution in [0.5, 0.6) is 0 Å². The number of nitrogens with zero attached hydrogens (tertiary/aromatic N) is 3. The topological polar surface area (TPSA) is 39.4 Å². The van der Waals surface area contributed by atoms with Crippen LogP contribution in [0.1, 0.15) is 129 Å². The molecule has 4 aromatic carbocycles. The molecule has 8 rings (SSSR count). The molecule has 0 aliphatic heterocycles. The van der Waals surface area contributed by atoms with Gasteiger partial charge in [0.1, 0.15) is 0 Å². The van der Waals surface area contributed by atoms with Crippen LogP contribution in [-0.4, -0.2) is 22.8 Å². The van der Waals surface area contributed by atoms with Gasteiger partial charge in [-0.2, -0.15) is 5.70 Å². The summed E-state index contributed by atoms with van der Waals surface area (Å²) >= 11 is 0. The number of pyridine rings is 1. The van der Waals surface area contributed by atoms with E-state index in [0.717, 1.165) is 22.2 Å². The zero-order chi connectivity index (χ0) is 36.5. The van der Waals surface area contributed by atoms with Crippen LogP contribution in [0, 0.1) is 6.07 Å². The second kappa shape index (κ2) is 16.4. The average Bonchev–Trinajstić information content (AvgIpc) is 3.38. The molecule has 3 aliphatic carbocycles. The van der Waals surface area contributed by atoms with Gasteiger partial charge in [-0.25, -0.2) is 0 Å². The van der Waals surface area contributed by atoms with Crippen LogP contribution in [0.4, 0.5) is 0 Å². The Bertz CT molecular complexity index is 2120. The van der Waals surface area contributed by atoms with Crippen molar-refractivity contribution in [3.05, 3.63) is 119 Å². The van der Waals surface area contributed by atoms with E-state index in [4.69, 9.17) is 15.3 Å². The van der Waals surface area contributed by atoms with Crippen molar-refractivity contribution in [1.82, 2.24) is 4.98 Å². The van der Waals surface area contributed by atoms with E-state index in [2.05, 4.69) is 139 Å². The molecule has 0 atom stereocenters. The predicted molar refractivity (Wildman–Crippen MR) is 224 cm³/mol. The van der Waals surface area contributed by atoms with E-state index in [-0.39, 0.29) is 30.9 Å². The van der Waals surface area contributed by atoms with Crippen LogP contribution >= 0.6 is 0 Å². The number of aliphatic imine (C=N–C) groups is 1. The Kier molecular flexibility index (Phi) is 12.1. The fourth-order valence-electron chi connectivity index (χ4n) is 9.05. The molecular weight excluding hydrogens is 823 g/mol. The monoisotopic (exact) mass is 880 g/mol. The Balaban J connectivity index is 0.000000206. The largest absolute Gasteiger partial charge is 0.685 e. The summed E-state index contributed by atoms with van der Waals surface area (Å²) in [4.78, 5) is 10.1. The number of benzene rings is 4. The van der Waals surface area contributed by atoms with Gasteiger partial charge in [0.05, 0.1) is 11.6 Å². The maximum absolute atomic E-state index is 5.28. The van der Waals surface area contributed by atoms with E-state index < -0.39 is 0 Å². The molecule has 53 heavy (non-hydrogen) atoms. The minimum absolute atomic E-state index is 0. The third kappa shape index (κ3) is 8.40. The molecule has 0 saturated heterocycles. The Morgan fingerprint density at radius 2 is 1.43 bits per heavy atom. The summed E-state index contributed by atoms with van der Waals surface area (Å²) in [6, 6.07) is 33.3. The van der Waals surface area contributed by atoms with Gasteiger partial charge in [-0.15, -0.1) is 35.2 Å². The summed E-state index contributed by atoms with van der Waals surface area (Å²) < 4.78 is 0. The van der Waals surface area contributed by atoms with E-state index >= 15 is 0 Å². The number of hydrogen-bond acceptors (Lipinski definition) is 2. The van der Waals surface area contributed by atoms with Gasteiger partial charge in [0, 0.05) is 42.3 Å². The van der Waals surface area contributed by atoms with Crippen LogP contribution in [0.25, 0.3) is 49.4 Å². The summed E-state index contributed by atoms with van der Waals surface area (Å²) in [5.74, 6) is 0. The molecule has 0 amide bonds. The molecule has 0 spiro atoms. The molecule has 1 heterocycles. The van der Waals surface area contributed by atoms with Crippen molar-refractivity contribution in [3.8, 4) is 22.4 Å². The second-order valence-electron chi connectivity index (χ2n) is 17.1. The number of para-hydroxylation sites is 1. The van der Waals surface area contributed by atoms with Crippen molar-refractivity contribution in [2.75, 3.05) is 0 Å². The van der Waals surface area contributed by atoms with Gasteiger partial charge in [-0.1, -0.05) is 171 Å². The first-order valence-electron chi connectivity index (χ1n) is 19.9.